The fourth-order valence-electron chi connectivity index (χ4n) is 3.96. The second-order valence-electron chi connectivity index (χ2n) is 9.45. The number of ether oxygens (including phenoxy) is 2. The van der Waals surface area contributed by atoms with Crippen LogP contribution in [0.2, 0.25) is 0 Å². The van der Waals surface area contributed by atoms with Crippen LogP contribution in [0.5, 0.6) is 11.5 Å². The van der Waals surface area contributed by atoms with Gasteiger partial charge in [-0.05, 0) is 66.6 Å². The van der Waals surface area contributed by atoms with Gasteiger partial charge in [0.05, 0.1) is 6.54 Å². The number of carbonyl (C=O) groups is 2. The predicted octanol–water partition coefficient (Wildman–Crippen LogP) is 6.07. The molecule has 2 aromatic carbocycles. The molecule has 0 atom stereocenters. The van der Waals surface area contributed by atoms with Crippen molar-refractivity contribution in [3.8, 4) is 11.5 Å². The van der Waals surface area contributed by atoms with Gasteiger partial charge in [-0.15, -0.1) is 11.3 Å². The number of nitrogens with zero attached hydrogens (tertiary/aromatic N) is 2. The number of hydrogen-bond acceptors (Lipinski definition) is 5. The van der Waals surface area contributed by atoms with Gasteiger partial charge in [0, 0.05) is 23.2 Å². The molecule has 1 aliphatic rings. The van der Waals surface area contributed by atoms with Gasteiger partial charge in [-0.3, -0.25) is 4.79 Å². The average molecular weight is 508 g/mol. The lowest BCUT2D eigenvalue weighted by atomic mass is 10.0. The molecule has 1 N–H and O–H groups in total. The molecule has 3 amide bonds. The van der Waals surface area contributed by atoms with E-state index in [4.69, 9.17) is 9.47 Å². The molecule has 0 spiro atoms. The van der Waals surface area contributed by atoms with Crippen molar-refractivity contribution in [2.45, 2.75) is 52.7 Å². The van der Waals surface area contributed by atoms with Crippen molar-refractivity contribution in [2.24, 2.45) is 0 Å². The smallest absolute Gasteiger partial charge is 0.322 e. The summed E-state index contributed by atoms with van der Waals surface area (Å²) in [6.45, 7) is 9.13. The van der Waals surface area contributed by atoms with Crippen LogP contribution in [-0.2, 0) is 17.9 Å². The minimum Gasteiger partial charge on any atom is -0.454 e. The van der Waals surface area contributed by atoms with E-state index in [0.717, 1.165) is 10.4 Å². The number of carbonyl (C=O) groups excluding carboxylic acids is 2. The minimum atomic E-state index is -0.296. The van der Waals surface area contributed by atoms with Gasteiger partial charge in [0.25, 0.3) is 0 Å². The molecule has 0 bridgehead atoms. The number of thiophene rings is 1. The highest BCUT2D eigenvalue weighted by atomic mass is 32.1. The van der Waals surface area contributed by atoms with E-state index in [1.807, 2.05) is 73.8 Å². The summed E-state index contributed by atoms with van der Waals surface area (Å²) in [6.07, 6.45) is 0. The summed E-state index contributed by atoms with van der Waals surface area (Å²) in [7, 11) is 0. The minimum absolute atomic E-state index is 0.0243. The predicted molar refractivity (Wildman–Crippen MR) is 143 cm³/mol. The first kappa shape index (κ1) is 25.6. The molecule has 1 aromatic heterocycles. The second kappa shape index (κ2) is 11.5. The normalized spacial score (nSPS) is 12.2. The number of urea groups is 1. The fraction of sp³-hybridized carbons (Fsp3) is 0.357. The molecular formula is C28H33N3O4S. The summed E-state index contributed by atoms with van der Waals surface area (Å²) in [5.41, 5.74) is 2.85. The number of hydrogen-bond donors (Lipinski definition) is 1. The topological polar surface area (TPSA) is 71.1 Å². The van der Waals surface area contributed by atoms with Gasteiger partial charge in [0.15, 0.2) is 11.5 Å². The number of benzene rings is 2. The molecule has 0 unspecified atom stereocenters. The van der Waals surface area contributed by atoms with Crippen LogP contribution in [0.25, 0.3) is 0 Å². The Balaban J connectivity index is 1.47. The lowest BCUT2D eigenvalue weighted by Gasteiger charge is -2.30. The molecule has 0 saturated carbocycles. The van der Waals surface area contributed by atoms with Crippen LogP contribution >= 0.6 is 11.3 Å². The Morgan fingerprint density at radius 2 is 1.72 bits per heavy atom. The first-order chi connectivity index (χ1) is 17.3. The third kappa shape index (κ3) is 6.37. The highest BCUT2D eigenvalue weighted by Crippen LogP contribution is 2.33. The van der Waals surface area contributed by atoms with Crippen LogP contribution in [0, 0.1) is 0 Å². The van der Waals surface area contributed by atoms with Gasteiger partial charge < -0.3 is 24.6 Å². The molecule has 36 heavy (non-hydrogen) atoms. The largest absolute Gasteiger partial charge is 0.454 e. The maximum atomic E-state index is 13.6. The number of amides is 3. The van der Waals surface area contributed by atoms with Crippen molar-refractivity contribution in [3.05, 3.63) is 76.0 Å². The summed E-state index contributed by atoms with van der Waals surface area (Å²) >= 11 is 1.60. The van der Waals surface area contributed by atoms with E-state index < -0.39 is 0 Å². The van der Waals surface area contributed by atoms with E-state index in [1.54, 1.807) is 21.1 Å². The van der Waals surface area contributed by atoms with E-state index in [2.05, 4.69) is 19.2 Å². The lowest BCUT2D eigenvalue weighted by molar-refractivity contribution is -0.133. The Hall–Kier alpha value is -3.52. The number of fused-ring (bicyclic) bond motifs is 1. The van der Waals surface area contributed by atoms with Gasteiger partial charge in [0.1, 0.15) is 6.54 Å². The summed E-state index contributed by atoms with van der Waals surface area (Å²) in [6, 6.07) is 17.1. The Labute approximate surface area is 216 Å². The quantitative estimate of drug-likeness (QED) is 0.382. The second-order valence-corrected chi connectivity index (χ2v) is 10.5. The third-order valence-corrected chi connectivity index (χ3v) is 6.97. The summed E-state index contributed by atoms with van der Waals surface area (Å²) in [5, 5.41) is 4.94. The third-order valence-electron chi connectivity index (χ3n) is 6.11. The Morgan fingerprint density at radius 3 is 2.39 bits per heavy atom. The maximum absolute atomic E-state index is 13.6. The van der Waals surface area contributed by atoms with Gasteiger partial charge in [-0.2, -0.15) is 0 Å². The Bertz CT molecular complexity index is 1180. The van der Waals surface area contributed by atoms with Crippen LogP contribution in [-0.4, -0.2) is 41.1 Å². The molecule has 7 nitrogen and oxygen atoms in total. The zero-order valence-corrected chi connectivity index (χ0v) is 22.0. The number of nitrogens with one attached hydrogen (secondary N) is 1. The molecule has 8 heteroatoms. The lowest BCUT2D eigenvalue weighted by Crippen LogP contribution is -2.47. The molecule has 0 aliphatic carbocycles. The fourth-order valence-corrected chi connectivity index (χ4v) is 4.68. The van der Waals surface area contributed by atoms with E-state index >= 15 is 0 Å². The molecular weight excluding hydrogens is 474 g/mol. The first-order valence-corrected chi connectivity index (χ1v) is 13.0. The Kier molecular flexibility index (Phi) is 8.15. The van der Waals surface area contributed by atoms with Crippen molar-refractivity contribution >= 4 is 29.0 Å². The van der Waals surface area contributed by atoms with Crippen LogP contribution in [0.4, 0.5) is 10.5 Å². The Morgan fingerprint density at radius 1 is 0.972 bits per heavy atom. The van der Waals surface area contributed by atoms with Crippen molar-refractivity contribution < 1.29 is 19.1 Å². The zero-order chi connectivity index (χ0) is 25.7. The maximum Gasteiger partial charge on any atom is 0.322 e. The van der Waals surface area contributed by atoms with Crippen molar-refractivity contribution in [1.29, 1.82) is 0 Å². The van der Waals surface area contributed by atoms with Gasteiger partial charge in [-0.25, -0.2) is 4.79 Å². The van der Waals surface area contributed by atoms with E-state index in [1.165, 1.54) is 5.56 Å². The van der Waals surface area contributed by atoms with Crippen molar-refractivity contribution in [1.82, 2.24) is 9.80 Å². The van der Waals surface area contributed by atoms with Crippen LogP contribution in [0.15, 0.2) is 60.0 Å². The van der Waals surface area contributed by atoms with Crippen LogP contribution < -0.4 is 14.8 Å². The van der Waals surface area contributed by atoms with E-state index in [0.29, 0.717) is 36.2 Å². The van der Waals surface area contributed by atoms with Crippen LogP contribution in [0.3, 0.4) is 0 Å². The molecule has 1 aliphatic heterocycles. The molecule has 190 valence electrons. The number of rotatable bonds is 9. The average Bonchev–Trinajstić information content (AvgIpc) is 3.53. The molecule has 0 saturated heterocycles. The molecule has 0 radical (unpaired) electrons. The van der Waals surface area contributed by atoms with Crippen molar-refractivity contribution in [2.75, 3.05) is 18.7 Å². The van der Waals surface area contributed by atoms with E-state index in [9.17, 15) is 9.59 Å². The van der Waals surface area contributed by atoms with Gasteiger partial charge >= 0.3 is 6.03 Å². The van der Waals surface area contributed by atoms with Gasteiger partial charge in [-0.1, -0.05) is 38.1 Å². The molecule has 2 heterocycles. The molecule has 3 aromatic rings. The van der Waals surface area contributed by atoms with Crippen molar-refractivity contribution in [3.63, 3.8) is 0 Å². The standard InChI is InChI=1S/C28H33N3O4S/c1-19(2)22-8-10-23(11-9-22)29-28(33)31(20(3)4)17-27(32)30(16-24-6-5-13-36-24)15-21-7-12-25-26(14-21)35-18-34-25/h5-14,19-20H,15-18H2,1-4H3,(H,29,33). The summed E-state index contributed by atoms with van der Waals surface area (Å²) in [4.78, 5) is 31.1. The summed E-state index contributed by atoms with van der Waals surface area (Å²) in [5.74, 6) is 1.68. The molecule has 4 rings (SSSR count). The monoisotopic (exact) mass is 507 g/mol. The van der Waals surface area contributed by atoms with E-state index in [-0.39, 0.29) is 31.3 Å². The highest BCUT2D eigenvalue weighted by molar-refractivity contribution is 7.09. The SMILES string of the molecule is CC(C)c1ccc(NC(=O)N(CC(=O)N(Cc2ccc3c(c2)OCO3)Cc2cccs2)C(C)C)cc1. The zero-order valence-electron chi connectivity index (χ0n) is 21.2. The first-order valence-electron chi connectivity index (χ1n) is 12.2. The van der Waals surface area contributed by atoms with Gasteiger partial charge in [0.2, 0.25) is 12.7 Å². The highest BCUT2D eigenvalue weighted by Gasteiger charge is 2.25. The number of anilines is 1. The summed E-state index contributed by atoms with van der Waals surface area (Å²) < 4.78 is 10.9. The molecule has 0 fully saturated rings. The van der Waals surface area contributed by atoms with Crippen LogP contribution in [0.1, 0.15) is 49.6 Å².